The van der Waals surface area contributed by atoms with Gasteiger partial charge >= 0.3 is 0 Å². The summed E-state index contributed by atoms with van der Waals surface area (Å²) in [7, 11) is 1.69. The van der Waals surface area contributed by atoms with Crippen LogP contribution in [0.5, 0.6) is 5.75 Å². The number of hydrogen-bond donors (Lipinski definition) is 1. The minimum Gasteiger partial charge on any atom is -0.491 e. The molecule has 0 amide bonds. The molecule has 3 rings (SSSR count). The van der Waals surface area contributed by atoms with E-state index in [9.17, 15) is 4.79 Å². The van der Waals surface area contributed by atoms with Crippen LogP contribution in [0, 0.1) is 5.92 Å². The lowest BCUT2D eigenvalue weighted by Gasteiger charge is -2.31. The van der Waals surface area contributed by atoms with E-state index in [1.165, 1.54) is 24.8 Å². The first-order valence-electron chi connectivity index (χ1n) is 9.85. The van der Waals surface area contributed by atoms with Crippen LogP contribution in [0.25, 0.3) is 0 Å². The molecule has 5 nitrogen and oxygen atoms in total. The molecular weight excluding hydrogens is 340 g/mol. The van der Waals surface area contributed by atoms with Crippen LogP contribution < -0.4 is 10.3 Å². The number of nitrogens with one attached hydrogen (secondary N) is 1. The summed E-state index contributed by atoms with van der Waals surface area (Å²) in [6, 6.07) is 12.1. The summed E-state index contributed by atoms with van der Waals surface area (Å²) in [4.78, 5) is 17.0. The van der Waals surface area contributed by atoms with E-state index in [0.717, 1.165) is 43.3 Å². The van der Waals surface area contributed by atoms with Gasteiger partial charge in [-0.15, -0.1) is 0 Å². The third-order valence-electron chi connectivity index (χ3n) is 5.34. The monoisotopic (exact) mass is 370 g/mol. The Morgan fingerprint density at radius 3 is 2.63 bits per heavy atom. The fourth-order valence-electron chi connectivity index (χ4n) is 3.70. The zero-order valence-corrected chi connectivity index (χ0v) is 16.2. The van der Waals surface area contributed by atoms with Gasteiger partial charge in [0.25, 0.3) is 5.56 Å². The van der Waals surface area contributed by atoms with E-state index >= 15 is 0 Å². The van der Waals surface area contributed by atoms with Gasteiger partial charge in [0.1, 0.15) is 12.4 Å². The van der Waals surface area contributed by atoms with Gasteiger partial charge in [-0.25, -0.2) is 0 Å². The maximum absolute atomic E-state index is 11.8. The van der Waals surface area contributed by atoms with Gasteiger partial charge in [0.15, 0.2) is 0 Å². The maximum atomic E-state index is 11.8. The van der Waals surface area contributed by atoms with E-state index in [1.54, 1.807) is 13.3 Å². The van der Waals surface area contributed by atoms with Gasteiger partial charge in [0, 0.05) is 25.4 Å². The van der Waals surface area contributed by atoms with Crippen LogP contribution in [-0.2, 0) is 17.7 Å². The van der Waals surface area contributed by atoms with Crippen molar-refractivity contribution in [3.05, 3.63) is 64.1 Å². The summed E-state index contributed by atoms with van der Waals surface area (Å²) < 4.78 is 10.9. The van der Waals surface area contributed by atoms with Gasteiger partial charge < -0.3 is 14.5 Å². The first-order valence-corrected chi connectivity index (χ1v) is 9.85. The fourth-order valence-corrected chi connectivity index (χ4v) is 3.70. The Labute approximate surface area is 161 Å². The molecule has 0 spiro atoms. The molecule has 27 heavy (non-hydrogen) atoms. The highest BCUT2D eigenvalue weighted by Gasteiger charge is 2.20. The number of pyridine rings is 1. The largest absolute Gasteiger partial charge is 0.491 e. The summed E-state index contributed by atoms with van der Waals surface area (Å²) in [5.74, 6) is 1.72. The van der Waals surface area contributed by atoms with Crippen molar-refractivity contribution in [1.29, 1.82) is 0 Å². The molecule has 146 valence electrons. The number of benzene rings is 1. The van der Waals surface area contributed by atoms with Crippen LogP contribution in [0.1, 0.15) is 30.4 Å². The molecule has 1 aromatic heterocycles. The number of likely N-dealkylation sites (tertiary alicyclic amines) is 1. The van der Waals surface area contributed by atoms with Gasteiger partial charge in [-0.1, -0.05) is 24.3 Å². The quantitative estimate of drug-likeness (QED) is 0.689. The molecular formula is C22H30N2O3. The van der Waals surface area contributed by atoms with Crippen molar-refractivity contribution in [2.24, 2.45) is 5.92 Å². The van der Waals surface area contributed by atoms with Crippen LogP contribution in [0.15, 0.2) is 47.4 Å². The van der Waals surface area contributed by atoms with E-state index in [-0.39, 0.29) is 5.56 Å². The van der Waals surface area contributed by atoms with Crippen LogP contribution >= 0.6 is 0 Å². The molecule has 5 heteroatoms. The minimum atomic E-state index is 0.0321. The van der Waals surface area contributed by atoms with Crippen molar-refractivity contribution in [3.63, 3.8) is 0 Å². The highest BCUT2D eigenvalue weighted by atomic mass is 16.5. The smallest absolute Gasteiger partial charge is 0.252 e. The van der Waals surface area contributed by atoms with Gasteiger partial charge in [-0.05, 0) is 62.4 Å². The average molecular weight is 370 g/mol. The molecule has 1 fully saturated rings. The molecule has 1 aliphatic rings. The summed E-state index contributed by atoms with van der Waals surface area (Å²) in [6.45, 7) is 4.07. The molecule has 0 radical (unpaired) electrons. The first kappa shape index (κ1) is 19.6. The highest BCUT2D eigenvalue weighted by Crippen LogP contribution is 2.26. The molecule has 2 heterocycles. The summed E-state index contributed by atoms with van der Waals surface area (Å²) in [5.41, 5.74) is 2.18. The Hall–Kier alpha value is -2.11. The van der Waals surface area contributed by atoms with Gasteiger partial charge in [-0.3, -0.25) is 9.69 Å². The zero-order chi connectivity index (χ0) is 18.9. The molecule has 0 bridgehead atoms. The first-order chi connectivity index (χ1) is 13.3. The number of piperidine rings is 1. The fraction of sp³-hybridized carbons (Fsp3) is 0.500. The van der Waals surface area contributed by atoms with Crippen LogP contribution in [0.2, 0.25) is 0 Å². The molecule has 1 aliphatic heterocycles. The SMILES string of the molecule is COCCOc1ccccc1CCC1CCN(Cc2ccc[nH]c2=O)CC1. The standard InChI is InChI=1S/C22H30N2O3/c1-26-15-16-27-21-7-3-2-5-19(21)9-8-18-10-13-24(14-11-18)17-20-6-4-12-23-22(20)25/h2-7,12,18H,8-11,13-17H2,1H3,(H,23,25). The Morgan fingerprint density at radius 2 is 1.85 bits per heavy atom. The van der Waals surface area contributed by atoms with Crippen molar-refractivity contribution in [3.8, 4) is 5.75 Å². The second kappa shape index (κ2) is 10.3. The number of aromatic nitrogens is 1. The summed E-state index contributed by atoms with van der Waals surface area (Å²) in [5, 5.41) is 0. The minimum absolute atomic E-state index is 0.0321. The van der Waals surface area contributed by atoms with E-state index < -0.39 is 0 Å². The van der Waals surface area contributed by atoms with Crippen LogP contribution in [0.4, 0.5) is 0 Å². The predicted molar refractivity (Wildman–Crippen MR) is 107 cm³/mol. The number of ether oxygens (including phenoxy) is 2. The molecule has 1 aromatic carbocycles. The Morgan fingerprint density at radius 1 is 1.07 bits per heavy atom. The number of methoxy groups -OCH3 is 1. The van der Waals surface area contributed by atoms with Gasteiger partial charge in [0.05, 0.1) is 6.61 Å². The number of aryl methyl sites for hydroxylation is 1. The average Bonchev–Trinajstić information content (AvgIpc) is 2.70. The lowest BCUT2D eigenvalue weighted by atomic mass is 9.90. The lowest BCUT2D eigenvalue weighted by Crippen LogP contribution is -2.35. The number of aromatic amines is 1. The van der Waals surface area contributed by atoms with Gasteiger partial charge in [-0.2, -0.15) is 0 Å². The molecule has 1 N–H and O–H groups in total. The van der Waals surface area contributed by atoms with E-state index in [4.69, 9.17) is 9.47 Å². The van der Waals surface area contributed by atoms with Crippen molar-refractivity contribution in [2.75, 3.05) is 33.4 Å². The Kier molecular flexibility index (Phi) is 7.48. The summed E-state index contributed by atoms with van der Waals surface area (Å²) in [6.07, 6.45) is 6.31. The Bertz CT molecular complexity index is 751. The topological polar surface area (TPSA) is 54.6 Å². The number of H-pyrrole nitrogens is 1. The van der Waals surface area contributed by atoms with Crippen LogP contribution in [0.3, 0.4) is 0 Å². The number of para-hydroxylation sites is 1. The van der Waals surface area contributed by atoms with Gasteiger partial charge in [0.2, 0.25) is 0 Å². The molecule has 0 aliphatic carbocycles. The third-order valence-corrected chi connectivity index (χ3v) is 5.34. The van der Waals surface area contributed by atoms with E-state index in [0.29, 0.717) is 13.2 Å². The number of hydrogen-bond acceptors (Lipinski definition) is 4. The number of rotatable bonds is 9. The summed E-state index contributed by atoms with van der Waals surface area (Å²) >= 11 is 0. The zero-order valence-electron chi connectivity index (χ0n) is 16.2. The number of nitrogens with zero attached hydrogens (tertiary/aromatic N) is 1. The van der Waals surface area contributed by atoms with Crippen molar-refractivity contribution in [2.45, 2.75) is 32.2 Å². The molecule has 1 saturated heterocycles. The molecule has 0 unspecified atom stereocenters. The van der Waals surface area contributed by atoms with E-state index in [2.05, 4.69) is 22.0 Å². The van der Waals surface area contributed by atoms with Crippen molar-refractivity contribution >= 4 is 0 Å². The normalized spacial score (nSPS) is 15.7. The molecule has 0 atom stereocenters. The van der Waals surface area contributed by atoms with Crippen LogP contribution in [-0.4, -0.2) is 43.3 Å². The Balaban J connectivity index is 1.45. The maximum Gasteiger partial charge on any atom is 0.252 e. The molecule has 2 aromatic rings. The second-order valence-electron chi connectivity index (χ2n) is 7.23. The van der Waals surface area contributed by atoms with Crippen molar-refractivity contribution in [1.82, 2.24) is 9.88 Å². The molecule has 0 saturated carbocycles. The predicted octanol–water partition coefficient (Wildman–Crippen LogP) is 3.24. The highest BCUT2D eigenvalue weighted by molar-refractivity contribution is 5.33. The lowest BCUT2D eigenvalue weighted by molar-refractivity contribution is 0.145. The third kappa shape index (κ3) is 5.94. The van der Waals surface area contributed by atoms with E-state index in [1.807, 2.05) is 24.3 Å². The second-order valence-corrected chi connectivity index (χ2v) is 7.23. The van der Waals surface area contributed by atoms with Crippen molar-refractivity contribution < 1.29 is 9.47 Å².